The Morgan fingerprint density at radius 3 is 2.53 bits per heavy atom. The minimum absolute atomic E-state index is 0.321. The molecule has 1 heteroatoms. The summed E-state index contributed by atoms with van der Waals surface area (Å²) in [5.74, 6) is 0.939. The van der Waals surface area contributed by atoms with Gasteiger partial charge in [-0.3, -0.25) is 0 Å². The predicted octanol–water partition coefficient (Wildman–Crippen LogP) is 4.87. The number of rotatable bonds is 3. The normalized spacial score (nSPS) is 31.4. The van der Waals surface area contributed by atoms with E-state index >= 15 is 0 Å². The molecule has 0 aromatic carbocycles. The zero-order chi connectivity index (χ0) is 14.1. The molecule has 1 fully saturated rings. The van der Waals surface area contributed by atoms with Gasteiger partial charge in [-0.2, -0.15) is 0 Å². The second-order valence-corrected chi connectivity index (χ2v) is 7.52. The van der Waals surface area contributed by atoms with Crippen molar-refractivity contribution in [1.29, 1.82) is 0 Å². The van der Waals surface area contributed by atoms with Crippen molar-refractivity contribution >= 4 is 0 Å². The summed E-state index contributed by atoms with van der Waals surface area (Å²) in [6.45, 7) is 8.93. The van der Waals surface area contributed by atoms with Crippen LogP contribution in [0.1, 0.15) is 66.2 Å². The van der Waals surface area contributed by atoms with Gasteiger partial charge >= 0.3 is 0 Å². The molecule has 108 valence electrons. The molecule has 0 aliphatic heterocycles. The van der Waals surface area contributed by atoms with Gasteiger partial charge in [-0.25, -0.2) is 0 Å². The van der Waals surface area contributed by atoms with Gasteiger partial charge in [0.05, 0.1) is 5.60 Å². The van der Waals surface area contributed by atoms with Gasteiger partial charge in [0.25, 0.3) is 0 Å². The first-order valence-electron chi connectivity index (χ1n) is 7.91. The molecule has 2 unspecified atom stereocenters. The van der Waals surface area contributed by atoms with Gasteiger partial charge in [0.1, 0.15) is 0 Å². The fourth-order valence-corrected chi connectivity index (χ4v) is 3.92. The molecular weight excluding hydrogens is 232 g/mol. The smallest absolute Gasteiger partial charge is 0.0827 e. The van der Waals surface area contributed by atoms with Gasteiger partial charge in [-0.15, -0.1) is 0 Å². The summed E-state index contributed by atoms with van der Waals surface area (Å²) < 4.78 is 0. The molecule has 1 saturated carbocycles. The van der Waals surface area contributed by atoms with Crippen LogP contribution in [0.25, 0.3) is 0 Å². The van der Waals surface area contributed by atoms with Gasteiger partial charge in [-0.05, 0) is 50.9 Å². The Morgan fingerprint density at radius 1 is 1.32 bits per heavy atom. The van der Waals surface area contributed by atoms with E-state index in [9.17, 15) is 5.11 Å². The van der Waals surface area contributed by atoms with Crippen LogP contribution in [-0.4, -0.2) is 10.7 Å². The van der Waals surface area contributed by atoms with Gasteiger partial charge in [0.15, 0.2) is 0 Å². The summed E-state index contributed by atoms with van der Waals surface area (Å²) >= 11 is 0. The maximum atomic E-state index is 10.7. The van der Waals surface area contributed by atoms with Crippen LogP contribution >= 0.6 is 0 Å². The first-order chi connectivity index (χ1) is 8.83. The Kier molecular flexibility index (Phi) is 4.25. The van der Waals surface area contributed by atoms with Crippen LogP contribution in [0.4, 0.5) is 0 Å². The minimum Gasteiger partial charge on any atom is -0.386 e. The molecule has 0 amide bonds. The molecular formula is C18H30O. The van der Waals surface area contributed by atoms with E-state index in [1.54, 1.807) is 0 Å². The minimum atomic E-state index is -0.621. The fourth-order valence-electron chi connectivity index (χ4n) is 3.92. The third-order valence-corrected chi connectivity index (χ3v) is 5.40. The first kappa shape index (κ1) is 14.8. The van der Waals surface area contributed by atoms with Crippen LogP contribution in [0.3, 0.4) is 0 Å². The second kappa shape index (κ2) is 5.44. The van der Waals surface area contributed by atoms with Crippen molar-refractivity contribution < 1.29 is 5.11 Å². The standard InChI is InChI=1S/C18H30O/c1-14-8-7-12-17(2,3)16(14)11-13-18(4,19)15-9-5-6-10-15/h8,11,13,15-16,19H,5-7,9-10,12H2,1-4H3. The molecule has 0 radical (unpaired) electrons. The van der Waals surface area contributed by atoms with E-state index in [0.717, 1.165) is 0 Å². The Bertz CT molecular complexity index is 367. The van der Waals surface area contributed by atoms with E-state index in [2.05, 4.69) is 39.0 Å². The average molecular weight is 262 g/mol. The highest BCUT2D eigenvalue weighted by atomic mass is 16.3. The quantitative estimate of drug-likeness (QED) is 0.720. The molecule has 0 bridgehead atoms. The maximum Gasteiger partial charge on any atom is 0.0827 e. The average Bonchev–Trinajstić information content (AvgIpc) is 2.81. The van der Waals surface area contributed by atoms with Crippen molar-refractivity contribution in [3.05, 3.63) is 23.8 Å². The summed E-state index contributed by atoms with van der Waals surface area (Å²) in [7, 11) is 0. The van der Waals surface area contributed by atoms with E-state index in [4.69, 9.17) is 0 Å². The lowest BCUT2D eigenvalue weighted by molar-refractivity contribution is 0.0482. The molecule has 19 heavy (non-hydrogen) atoms. The highest BCUT2D eigenvalue weighted by Gasteiger charge is 2.34. The predicted molar refractivity (Wildman–Crippen MR) is 82.0 cm³/mol. The second-order valence-electron chi connectivity index (χ2n) is 7.52. The molecule has 0 spiro atoms. The monoisotopic (exact) mass is 262 g/mol. The summed E-state index contributed by atoms with van der Waals surface area (Å²) in [6.07, 6.45) is 14.1. The maximum absolute atomic E-state index is 10.7. The Balaban J connectivity index is 2.12. The molecule has 1 N–H and O–H groups in total. The molecule has 2 aliphatic rings. The molecule has 0 aromatic rings. The summed E-state index contributed by atoms with van der Waals surface area (Å²) in [5, 5.41) is 10.7. The first-order valence-corrected chi connectivity index (χ1v) is 7.91. The van der Waals surface area contributed by atoms with Gasteiger partial charge < -0.3 is 5.11 Å². The Morgan fingerprint density at radius 2 is 1.95 bits per heavy atom. The van der Waals surface area contributed by atoms with Crippen LogP contribution in [0.2, 0.25) is 0 Å². The van der Waals surface area contributed by atoms with Gasteiger partial charge in [-0.1, -0.05) is 50.5 Å². The lowest BCUT2D eigenvalue weighted by Gasteiger charge is -2.37. The van der Waals surface area contributed by atoms with Crippen LogP contribution < -0.4 is 0 Å². The van der Waals surface area contributed by atoms with Crippen molar-refractivity contribution in [1.82, 2.24) is 0 Å². The number of hydrogen-bond acceptors (Lipinski definition) is 1. The summed E-state index contributed by atoms with van der Waals surface area (Å²) in [4.78, 5) is 0. The molecule has 0 heterocycles. The van der Waals surface area contributed by atoms with Crippen molar-refractivity contribution in [2.75, 3.05) is 0 Å². The Labute approximate surface area is 118 Å². The number of hydrogen-bond donors (Lipinski definition) is 1. The summed E-state index contributed by atoms with van der Waals surface area (Å²) in [6, 6.07) is 0. The van der Waals surface area contributed by atoms with E-state index in [1.165, 1.54) is 44.1 Å². The third-order valence-electron chi connectivity index (χ3n) is 5.40. The molecule has 0 saturated heterocycles. The molecule has 1 nitrogen and oxygen atoms in total. The van der Waals surface area contributed by atoms with Crippen LogP contribution in [0, 0.1) is 17.3 Å². The fraction of sp³-hybridized carbons (Fsp3) is 0.778. The zero-order valence-corrected chi connectivity index (χ0v) is 13.1. The van der Waals surface area contributed by atoms with Crippen molar-refractivity contribution in [2.45, 2.75) is 71.8 Å². The van der Waals surface area contributed by atoms with Crippen molar-refractivity contribution in [3.8, 4) is 0 Å². The SMILES string of the molecule is CC1=CCCC(C)(C)C1C=CC(C)(O)C1CCCC1. The Hall–Kier alpha value is -0.560. The van der Waals surface area contributed by atoms with Crippen molar-refractivity contribution in [2.24, 2.45) is 17.3 Å². The van der Waals surface area contributed by atoms with E-state index in [1.807, 2.05) is 6.92 Å². The molecule has 2 atom stereocenters. The van der Waals surface area contributed by atoms with Gasteiger partial charge in [0, 0.05) is 5.92 Å². The van der Waals surface area contributed by atoms with E-state index < -0.39 is 5.60 Å². The van der Waals surface area contributed by atoms with Gasteiger partial charge in [0.2, 0.25) is 0 Å². The van der Waals surface area contributed by atoms with Crippen molar-refractivity contribution in [3.63, 3.8) is 0 Å². The topological polar surface area (TPSA) is 20.2 Å². The van der Waals surface area contributed by atoms with E-state index in [0.29, 0.717) is 17.3 Å². The van der Waals surface area contributed by atoms with Crippen LogP contribution in [0.15, 0.2) is 23.8 Å². The van der Waals surface area contributed by atoms with Crippen LogP contribution in [-0.2, 0) is 0 Å². The third kappa shape index (κ3) is 3.31. The zero-order valence-electron chi connectivity index (χ0n) is 13.1. The number of aliphatic hydroxyl groups is 1. The number of allylic oxidation sites excluding steroid dienone is 3. The lowest BCUT2D eigenvalue weighted by atomic mass is 9.68. The highest BCUT2D eigenvalue weighted by Crippen LogP contribution is 2.42. The molecule has 2 rings (SSSR count). The largest absolute Gasteiger partial charge is 0.386 e. The van der Waals surface area contributed by atoms with Crippen LogP contribution in [0.5, 0.6) is 0 Å². The molecule has 2 aliphatic carbocycles. The lowest BCUT2D eigenvalue weighted by Crippen LogP contribution is -2.32. The summed E-state index contributed by atoms with van der Waals surface area (Å²) in [5.41, 5.74) is 1.17. The molecule has 0 aromatic heterocycles. The van der Waals surface area contributed by atoms with E-state index in [-0.39, 0.29) is 0 Å². The highest BCUT2D eigenvalue weighted by molar-refractivity contribution is 5.20.